The van der Waals surface area contributed by atoms with E-state index in [0.717, 1.165) is 19.3 Å². The molecule has 3 rings (SSSR count). The van der Waals surface area contributed by atoms with Crippen LogP contribution in [0.25, 0.3) is 0 Å². The second-order valence-electron chi connectivity index (χ2n) is 5.81. The largest absolute Gasteiger partial charge is 0.459 e. The van der Waals surface area contributed by atoms with Crippen molar-refractivity contribution in [3.63, 3.8) is 0 Å². The molecule has 1 N–H and O–H groups in total. The highest BCUT2D eigenvalue weighted by Gasteiger charge is 2.51. The van der Waals surface area contributed by atoms with E-state index in [1.165, 1.54) is 19.3 Å². The van der Waals surface area contributed by atoms with Crippen molar-refractivity contribution in [1.82, 2.24) is 0 Å². The van der Waals surface area contributed by atoms with Gasteiger partial charge in [-0.15, -0.1) is 0 Å². The molecule has 0 bridgehead atoms. The van der Waals surface area contributed by atoms with Crippen LogP contribution in [-0.4, -0.2) is 36.5 Å². The molecule has 0 aromatic carbocycles. The lowest BCUT2D eigenvalue weighted by Gasteiger charge is -2.53. The summed E-state index contributed by atoms with van der Waals surface area (Å²) in [5.74, 6) is 0.0340. The number of esters is 1. The van der Waals surface area contributed by atoms with Gasteiger partial charge in [-0.3, -0.25) is 4.79 Å². The van der Waals surface area contributed by atoms with Gasteiger partial charge in [0.15, 0.2) is 0 Å². The van der Waals surface area contributed by atoms with Crippen LogP contribution in [0.1, 0.15) is 38.5 Å². The zero-order valence-corrected chi connectivity index (χ0v) is 10.1. The van der Waals surface area contributed by atoms with Gasteiger partial charge in [0.2, 0.25) is 0 Å². The van der Waals surface area contributed by atoms with Gasteiger partial charge in [-0.1, -0.05) is 6.42 Å². The highest BCUT2D eigenvalue weighted by Crippen LogP contribution is 2.58. The summed E-state index contributed by atoms with van der Waals surface area (Å²) >= 11 is 0. The third kappa shape index (κ3) is 1.97. The van der Waals surface area contributed by atoms with Gasteiger partial charge in [-0.05, 0) is 31.1 Å². The first kappa shape index (κ1) is 11.5. The molecular formula is C13H20O4. The Morgan fingerprint density at radius 3 is 2.76 bits per heavy atom. The van der Waals surface area contributed by atoms with Crippen LogP contribution in [0.2, 0.25) is 0 Å². The fraction of sp³-hybridized carbons (Fsp3) is 0.923. The standard InChI is InChI=1S/C13H20O4/c14-8-11-10(2-5-16-11)17-12(15)9-6-13(7-9)3-1-4-13/h9-11,14H,1-8H2. The Hall–Kier alpha value is -0.610. The van der Waals surface area contributed by atoms with E-state index >= 15 is 0 Å². The Balaban J connectivity index is 1.47. The van der Waals surface area contributed by atoms with Gasteiger partial charge >= 0.3 is 5.97 Å². The lowest BCUT2D eigenvalue weighted by atomic mass is 9.52. The summed E-state index contributed by atoms with van der Waals surface area (Å²) in [6.45, 7) is 0.518. The van der Waals surface area contributed by atoms with E-state index in [4.69, 9.17) is 14.6 Å². The van der Waals surface area contributed by atoms with E-state index in [9.17, 15) is 4.79 Å². The highest BCUT2D eigenvalue weighted by atomic mass is 16.6. The average molecular weight is 240 g/mol. The first-order chi connectivity index (χ1) is 8.22. The molecule has 1 heterocycles. The first-order valence-electron chi connectivity index (χ1n) is 6.65. The molecule has 1 saturated heterocycles. The van der Waals surface area contributed by atoms with E-state index in [1.54, 1.807) is 0 Å². The predicted molar refractivity (Wildman–Crippen MR) is 60.3 cm³/mol. The second kappa shape index (κ2) is 4.25. The van der Waals surface area contributed by atoms with Gasteiger partial charge in [0.25, 0.3) is 0 Å². The molecule has 2 unspecified atom stereocenters. The minimum atomic E-state index is -0.309. The van der Waals surface area contributed by atoms with Crippen LogP contribution in [0.4, 0.5) is 0 Å². The normalized spacial score (nSPS) is 35.4. The minimum Gasteiger partial charge on any atom is -0.459 e. The van der Waals surface area contributed by atoms with E-state index in [-0.39, 0.29) is 30.7 Å². The van der Waals surface area contributed by atoms with Crippen molar-refractivity contribution in [1.29, 1.82) is 0 Å². The summed E-state index contributed by atoms with van der Waals surface area (Å²) in [5, 5.41) is 9.07. The Morgan fingerprint density at radius 1 is 1.41 bits per heavy atom. The predicted octanol–water partition coefficient (Wildman–Crippen LogP) is 1.26. The van der Waals surface area contributed by atoms with E-state index < -0.39 is 0 Å². The Bertz CT molecular complexity index is 303. The van der Waals surface area contributed by atoms with E-state index in [2.05, 4.69) is 0 Å². The molecule has 3 fully saturated rings. The van der Waals surface area contributed by atoms with E-state index in [1.807, 2.05) is 0 Å². The SMILES string of the molecule is O=C(OC1CCOC1CO)C1CC2(CCC2)C1. The summed E-state index contributed by atoms with van der Waals surface area (Å²) in [6.07, 6.45) is 6.12. The fourth-order valence-electron chi connectivity index (χ4n) is 3.42. The molecule has 96 valence electrons. The zero-order chi connectivity index (χ0) is 11.9. The Labute approximate surface area is 101 Å². The van der Waals surface area contributed by atoms with Gasteiger partial charge < -0.3 is 14.6 Å². The molecule has 1 spiro atoms. The molecule has 4 heteroatoms. The van der Waals surface area contributed by atoms with Crippen LogP contribution >= 0.6 is 0 Å². The van der Waals surface area contributed by atoms with Crippen molar-refractivity contribution >= 4 is 5.97 Å². The molecule has 4 nitrogen and oxygen atoms in total. The monoisotopic (exact) mass is 240 g/mol. The molecule has 0 aromatic rings. The maximum Gasteiger partial charge on any atom is 0.309 e. The summed E-state index contributed by atoms with van der Waals surface area (Å²) in [5.41, 5.74) is 0.506. The summed E-state index contributed by atoms with van der Waals surface area (Å²) in [4.78, 5) is 11.9. The second-order valence-corrected chi connectivity index (χ2v) is 5.81. The molecule has 2 atom stereocenters. The molecule has 17 heavy (non-hydrogen) atoms. The molecule has 2 saturated carbocycles. The molecule has 0 radical (unpaired) electrons. The number of aliphatic hydroxyl groups excluding tert-OH is 1. The van der Waals surface area contributed by atoms with Crippen LogP contribution in [0.5, 0.6) is 0 Å². The first-order valence-corrected chi connectivity index (χ1v) is 6.65. The smallest absolute Gasteiger partial charge is 0.309 e. The van der Waals surface area contributed by atoms with Gasteiger partial charge in [0, 0.05) is 6.42 Å². The van der Waals surface area contributed by atoms with Crippen LogP contribution in [-0.2, 0) is 14.3 Å². The summed E-state index contributed by atoms with van der Waals surface area (Å²) < 4.78 is 10.7. The van der Waals surface area contributed by atoms with Crippen LogP contribution in [0.15, 0.2) is 0 Å². The van der Waals surface area contributed by atoms with Crippen LogP contribution < -0.4 is 0 Å². The van der Waals surface area contributed by atoms with Gasteiger partial charge in [-0.2, -0.15) is 0 Å². The zero-order valence-electron chi connectivity index (χ0n) is 10.1. The number of carbonyl (C=O) groups excluding carboxylic acids is 1. The molecule has 1 aliphatic heterocycles. The van der Waals surface area contributed by atoms with Crippen molar-refractivity contribution in [3.05, 3.63) is 0 Å². The van der Waals surface area contributed by atoms with Gasteiger partial charge in [0.1, 0.15) is 12.2 Å². The Morgan fingerprint density at radius 2 is 2.18 bits per heavy atom. The molecule has 3 aliphatic rings. The molecule has 0 amide bonds. The van der Waals surface area contributed by atoms with E-state index in [0.29, 0.717) is 12.0 Å². The third-order valence-electron chi connectivity index (χ3n) is 4.70. The molecule has 2 aliphatic carbocycles. The summed E-state index contributed by atoms with van der Waals surface area (Å²) in [6, 6.07) is 0. The van der Waals surface area contributed by atoms with Crippen molar-refractivity contribution in [2.45, 2.75) is 50.7 Å². The summed E-state index contributed by atoms with van der Waals surface area (Å²) in [7, 11) is 0. The number of carbonyl (C=O) groups is 1. The van der Waals surface area contributed by atoms with Crippen LogP contribution in [0, 0.1) is 11.3 Å². The van der Waals surface area contributed by atoms with Gasteiger partial charge in [0.05, 0.1) is 19.1 Å². The maximum absolute atomic E-state index is 11.9. The number of aliphatic hydroxyl groups is 1. The van der Waals surface area contributed by atoms with Crippen molar-refractivity contribution < 1.29 is 19.4 Å². The molecule has 0 aromatic heterocycles. The molecular weight excluding hydrogens is 220 g/mol. The quantitative estimate of drug-likeness (QED) is 0.755. The fourth-order valence-corrected chi connectivity index (χ4v) is 3.42. The maximum atomic E-state index is 11.9. The lowest BCUT2D eigenvalue weighted by molar-refractivity contribution is -0.169. The average Bonchev–Trinajstić information content (AvgIpc) is 2.60. The highest BCUT2D eigenvalue weighted by molar-refractivity contribution is 5.74. The minimum absolute atomic E-state index is 0.0629. The number of hydrogen-bond donors (Lipinski definition) is 1. The van der Waals surface area contributed by atoms with Crippen LogP contribution in [0.3, 0.4) is 0 Å². The lowest BCUT2D eigenvalue weighted by Crippen LogP contribution is -2.47. The van der Waals surface area contributed by atoms with Crippen molar-refractivity contribution in [3.8, 4) is 0 Å². The third-order valence-corrected chi connectivity index (χ3v) is 4.70. The van der Waals surface area contributed by atoms with Crippen molar-refractivity contribution in [2.75, 3.05) is 13.2 Å². The van der Waals surface area contributed by atoms with Gasteiger partial charge in [-0.25, -0.2) is 0 Å². The number of hydrogen-bond acceptors (Lipinski definition) is 4. The topological polar surface area (TPSA) is 55.8 Å². The number of ether oxygens (including phenoxy) is 2. The number of rotatable bonds is 3. The Kier molecular flexibility index (Phi) is 2.87. The van der Waals surface area contributed by atoms with Crippen molar-refractivity contribution in [2.24, 2.45) is 11.3 Å².